The van der Waals surface area contributed by atoms with E-state index >= 15 is 0 Å². The number of hydrogen-bond acceptors (Lipinski definition) is 6. The van der Waals surface area contributed by atoms with Gasteiger partial charge in [-0.15, -0.1) is 0 Å². The summed E-state index contributed by atoms with van der Waals surface area (Å²) in [5.74, 6) is 0.165. The van der Waals surface area contributed by atoms with Gasteiger partial charge in [0.25, 0.3) is 5.91 Å². The van der Waals surface area contributed by atoms with Crippen LogP contribution in [-0.2, 0) is 9.59 Å². The highest BCUT2D eigenvalue weighted by atomic mass is 35.5. The van der Waals surface area contributed by atoms with Crippen LogP contribution in [0.2, 0.25) is 5.02 Å². The van der Waals surface area contributed by atoms with Gasteiger partial charge in [-0.25, -0.2) is 10.2 Å². The van der Waals surface area contributed by atoms with Crippen molar-refractivity contribution in [1.82, 2.24) is 5.43 Å². The van der Waals surface area contributed by atoms with Crippen LogP contribution in [0.15, 0.2) is 84.0 Å². The summed E-state index contributed by atoms with van der Waals surface area (Å²) in [5.41, 5.74) is 3.89. The molecule has 8 heteroatoms. The highest BCUT2D eigenvalue weighted by Crippen LogP contribution is 2.27. The van der Waals surface area contributed by atoms with Crippen LogP contribution < -0.4 is 19.6 Å². The van der Waals surface area contributed by atoms with E-state index in [0.717, 1.165) is 5.56 Å². The maximum absolute atomic E-state index is 12.1. The smallest absolute Gasteiger partial charge is 0.336 e. The predicted molar refractivity (Wildman–Crippen MR) is 127 cm³/mol. The zero-order valence-corrected chi connectivity index (χ0v) is 18.5. The van der Waals surface area contributed by atoms with Gasteiger partial charge < -0.3 is 14.2 Å². The van der Waals surface area contributed by atoms with Crippen molar-refractivity contribution < 1.29 is 23.8 Å². The Hall–Kier alpha value is -4.10. The van der Waals surface area contributed by atoms with Crippen molar-refractivity contribution in [3.05, 3.63) is 95.0 Å². The number of methoxy groups -OCH3 is 1. The van der Waals surface area contributed by atoms with Crippen LogP contribution >= 0.6 is 11.6 Å². The van der Waals surface area contributed by atoms with Crippen LogP contribution in [0, 0.1) is 0 Å². The van der Waals surface area contributed by atoms with E-state index in [4.69, 9.17) is 25.8 Å². The number of carbonyl (C=O) groups is 2. The molecule has 0 fully saturated rings. The van der Waals surface area contributed by atoms with E-state index in [1.807, 2.05) is 30.3 Å². The number of rotatable bonds is 9. The molecule has 33 heavy (non-hydrogen) atoms. The summed E-state index contributed by atoms with van der Waals surface area (Å²) in [6.45, 7) is -0.201. The zero-order valence-electron chi connectivity index (χ0n) is 17.7. The molecule has 1 N–H and O–H groups in total. The average molecular weight is 465 g/mol. The van der Waals surface area contributed by atoms with E-state index in [0.29, 0.717) is 22.1 Å². The lowest BCUT2D eigenvalue weighted by Gasteiger charge is -2.08. The van der Waals surface area contributed by atoms with Crippen molar-refractivity contribution in [2.75, 3.05) is 13.7 Å². The summed E-state index contributed by atoms with van der Waals surface area (Å²) >= 11 is 5.80. The zero-order chi connectivity index (χ0) is 23.5. The van der Waals surface area contributed by atoms with Gasteiger partial charge in [0, 0.05) is 11.1 Å². The van der Waals surface area contributed by atoms with Crippen molar-refractivity contribution in [2.45, 2.75) is 0 Å². The van der Waals surface area contributed by atoms with Crippen LogP contribution in [0.3, 0.4) is 0 Å². The molecule has 0 spiro atoms. The third-order valence-electron chi connectivity index (χ3n) is 4.20. The van der Waals surface area contributed by atoms with Crippen LogP contribution in [0.1, 0.15) is 11.1 Å². The predicted octanol–water partition coefficient (Wildman–Crippen LogP) is 4.50. The second-order valence-corrected chi connectivity index (χ2v) is 7.05. The summed E-state index contributed by atoms with van der Waals surface area (Å²) in [7, 11) is 1.46. The first-order valence-electron chi connectivity index (χ1n) is 9.87. The van der Waals surface area contributed by atoms with Gasteiger partial charge in [-0.1, -0.05) is 41.9 Å². The molecule has 0 aliphatic rings. The molecule has 0 bridgehead atoms. The molecule has 3 rings (SSSR count). The Morgan fingerprint density at radius 1 is 0.970 bits per heavy atom. The van der Waals surface area contributed by atoms with Crippen LogP contribution in [0.25, 0.3) is 6.08 Å². The van der Waals surface area contributed by atoms with Gasteiger partial charge in [-0.05, 0) is 59.7 Å². The summed E-state index contributed by atoms with van der Waals surface area (Å²) < 4.78 is 16.0. The summed E-state index contributed by atoms with van der Waals surface area (Å²) in [6.07, 6.45) is 4.44. The van der Waals surface area contributed by atoms with Gasteiger partial charge in [0.05, 0.1) is 13.3 Å². The van der Waals surface area contributed by atoms with Gasteiger partial charge >= 0.3 is 5.97 Å². The average Bonchev–Trinajstić information content (AvgIpc) is 2.84. The minimum Gasteiger partial charge on any atom is -0.493 e. The van der Waals surface area contributed by atoms with Crippen LogP contribution in [-0.4, -0.2) is 31.8 Å². The number of benzene rings is 3. The number of esters is 1. The van der Waals surface area contributed by atoms with E-state index in [-0.39, 0.29) is 12.4 Å². The van der Waals surface area contributed by atoms with Crippen molar-refractivity contribution in [1.29, 1.82) is 0 Å². The Labute approximate surface area is 196 Å². The Morgan fingerprint density at radius 2 is 1.73 bits per heavy atom. The lowest BCUT2D eigenvalue weighted by Crippen LogP contribution is -2.24. The Balaban J connectivity index is 1.52. The standard InChI is InChI=1S/C25H21ClN2O5/c1-31-23-15-19(16-27-28-24(29)17-32-21-11-9-20(26)10-12-21)7-13-22(23)33-25(30)14-8-18-5-3-2-4-6-18/h2-16H,17H2,1H3,(H,28,29)/b14-8+,27-16+. The highest BCUT2D eigenvalue weighted by Gasteiger charge is 2.09. The Kier molecular flexibility index (Phi) is 8.62. The maximum Gasteiger partial charge on any atom is 0.336 e. The molecule has 0 unspecified atom stereocenters. The molecular weight excluding hydrogens is 444 g/mol. The van der Waals surface area contributed by atoms with Gasteiger partial charge in [0.1, 0.15) is 5.75 Å². The molecule has 3 aromatic carbocycles. The summed E-state index contributed by atoms with van der Waals surface area (Å²) in [6, 6.07) is 21.0. The number of ether oxygens (including phenoxy) is 3. The van der Waals surface area contributed by atoms with E-state index in [1.54, 1.807) is 48.5 Å². The molecule has 0 saturated carbocycles. The van der Waals surface area contributed by atoms with Crippen molar-refractivity contribution in [2.24, 2.45) is 5.10 Å². The maximum atomic E-state index is 12.1. The number of halogens is 1. The Morgan fingerprint density at radius 3 is 2.45 bits per heavy atom. The minimum absolute atomic E-state index is 0.201. The molecule has 3 aromatic rings. The third kappa shape index (κ3) is 7.83. The number of hydrogen-bond donors (Lipinski definition) is 1. The van der Waals surface area contributed by atoms with E-state index in [9.17, 15) is 9.59 Å². The number of carbonyl (C=O) groups excluding carboxylic acids is 2. The number of amides is 1. The molecule has 0 radical (unpaired) electrons. The molecular formula is C25H21ClN2O5. The number of hydrazone groups is 1. The van der Waals surface area contributed by atoms with Gasteiger partial charge in [0.2, 0.25) is 0 Å². The molecule has 0 aromatic heterocycles. The topological polar surface area (TPSA) is 86.2 Å². The van der Waals surface area contributed by atoms with E-state index < -0.39 is 11.9 Å². The second-order valence-electron chi connectivity index (χ2n) is 6.61. The van der Waals surface area contributed by atoms with Crippen LogP contribution in [0.4, 0.5) is 0 Å². The minimum atomic E-state index is -0.536. The van der Waals surface area contributed by atoms with Crippen molar-refractivity contribution in [3.63, 3.8) is 0 Å². The molecule has 168 valence electrons. The summed E-state index contributed by atoms with van der Waals surface area (Å²) in [5, 5.41) is 4.48. The molecule has 7 nitrogen and oxygen atoms in total. The molecule has 0 heterocycles. The monoisotopic (exact) mass is 464 g/mol. The van der Waals surface area contributed by atoms with Gasteiger partial charge in [0.15, 0.2) is 18.1 Å². The van der Waals surface area contributed by atoms with Gasteiger partial charge in [-0.3, -0.25) is 4.79 Å². The summed E-state index contributed by atoms with van der Waals surface area (Å²) in [4.78, 5) is 24.0. The fourth-order valence-corrected chi connectivity index (χ4v) is 2.74. The van der Waals surface area contributed by atoms with Crippen molar-refractivity contribution >= 4 is 35.8 Å². The third-order valence-corrected chi connectivity index (χ3v) is 4.45. The largest absolute Gasteiger partial charge is 0.493 e. The van der Waals surface area contributed by atoms with Gasteiger partial charge in [-0.2, -0.15) is 5.10 Å². The SMILES string of the molecule is COc1cc(/C=N/NC(=O)COc2ccc(Cl)cc2)ccc1OC(=O)/C=C/c1ccccc1. The fourth-order valence-electron chi connectivity index (χ4n) is 2.61. The second kappa shape index (κ2) is 12.1. The highest BCUT2D eigenvalue weighted by molar-refractivity contribution is 6.30. The molecule has 0 aliphatic heterocycles. The quantitative estimate of drug-likeness (QED) is 0.166. The number of nitrogens with zero attached hydrogens (tertiary/aromatic N) is 1. The first kappa shape index (κ1) is 23.6. The van der Waals surface area contributed by atoms with E-state index in [1.165, 1.54) is 19.4 Å². The van der Waals surface area contributed by atoms with Crippen LogP contribution in [0.5, 0.6) is 17.2 Å². The molecule has 0 saturated heterocycles. The molecule has 0 aliphatic carbocycles. The van der Waals surface area contributed by atoms with E-state index in [2.05, 4.69) is 10.5 Å². The Bertz CT molecular complexity index is 1150. The lowest BCUT2D eigenvalue weighted by molar-refractivity contribution is -0.129. The first-order valence-corrected chi connectivity index (χ1v) is 10.2. The fraction of sp³-hybridized carbons (Fsp3) is 0.0800. The normalized spacial score (nSPS) is 10.8. The number of nitrogens with one attached hydrogen (secondary N) is 1. The molecule has 1 amide bonds. The molecule has 0 atom stereocenters. The lowest BCUT2D eigenvalue weighted by atomic mass is 10.2. The van der Waals surface area contributed by atoms with Crippen molar-refractivity contribution in [3.8, 4) is 17.2 Å². The first-order chi connectivity index (χ1) is 16.0.